The first-order valence-electron chi connectivity index (χ1n) is 4.01. The number of nitrogens with zero attached hydrogens (tertiary/aromatic N) is 1. The number of hydrogen-bond acceptors (Lipinski definition) is 2. The van der Waals surface area contributed by atoms with E-state index in [1.165, 1.54) is 12.8 Å². The van der Waals surface area contributed by atoms with Gasteiger partial charge in [-0.25, -0.2) is 0 Å². The fourth-order valence-corrected chi connectivity index (χ4v) is 0.594. The molecular formula is C9H15NO. The van der Waals surface area contributed by atoms with Crippen molar-refractivity contribution in [3.05, 3.63) is 12.3 Å². The Kier molecular flexibility index (Phi) is 6.51. The number of rotatable bonds is 5. The second-order valence-electron chi connectivity index (χ2n) is 2.42. The van der Waals surface area contributed by atoms with Crippen molar-refractivity contribution in [1.29, 1.82) is 5.26 Å². The maximum Gasteiger partial charge on any atom is 0.180 e. The van der Waals surface area contributed by atoms with Crippen LogP contribution >= 0.6 is 0 Å². The van der Waals surface area contributed by atoms with Crippen LogP contribution in [0, 0.1) is 11.3 Å². The summed E-state index contributed by atoms with van der Waals surface area (Å²) in [5.74, 6) is 0. The van der Waals surface area contributed by atoms with E-state index in [0.717, 1.165) is 6.42 Å². The van der Waals surface area contributed by atoms with E-state index in [-0.39, 0.29) is 6.10 Å². The van der Waals surface area contributed by atoms with Crippen LogP contribution in [-0.2, 0) is 4.74 Å². The van der Waals surface area contributed by atoms with Crippen molar-refractivity contribution in [3.8, 4) is 6.07 Å². The van der Waals surface area contributed by atoms with Gasteiger partial charge in [0.2, 0.25) is 0 Å². The summed E-state index contributed by atoms with van der Waals surface area (Å²) in [6, 6.07) is 1.98. The molecule has 0 rings (SSSR count). The minimum atomic E-state index is -0.326. The van der Waals surface area contributed by atoms with Crippen LogP contribution in [0.4, 0.5) is 0 Å². The van der Waals surface area contributed by atoms with Crippen molar-refractivity contribution in [3.63, 3.8) is 0 Å². The lowest BCUT2D eigenvalue weighted by atomic mass is 10.2. The smallest absolute Gasteiger partial charge is 0.180 e. The summed E-state index contributed by atoms with van der Waals surface area (Å²) in [6.07, 6.45) is 6.65. The average Bonchev–Trinajstić information content (AvgIpc) is 2.04. The summed E-state index contributed by atoms with van der Waals surface area (Å²) in [4.78, 5) is 0. The van der Waals surface area contributed by atoms with Crippen molar-refractivity contribution in [2.45, 2.75) is 39.2 Å². The van der Waals surface area contributed by atoms with E-state index >= 15 is 0 Å². The summed E-state index contributed by atoms with van der Waals surface area (Å²) in [7, 11) is 0. The highest BCUT2D eigenvalue weighted by molar-refractivity contribution is 4.83. The van der Waals surface area contributed by atoms with Crippen LogP contribution in [0.2, 0.25) is 0 Å². The Bertz CT molecular complexity index is 146. The number of hydrogen-bond donors (Lipinski definition) is 0. The van der Waals surface area contributed by atoms with Gasteiger partial charge < -0.3 is 4.74 Å². The van der Waals surface area contributed by atoms with Gasteiger partial charge in [0.15, 0.2) is 6.10 Å². The van der Waals surface area contributed by atoms with Crippen LogP contribution in [0.3, 0.4) is 0 Å². The van der Waals surface area contributed by atoms with Gasteiger partial charge in [0.25, 0.3) is 0 Å². The topological polar surface area (TPSA) is 33.0 Å². The SMILES string of the molecule is CCCCC=COC(C)C#N. The van der Waals surface area contributed by atoms with Crippen molar-refractivity contribution in [1.82, 2.24) is 0 Å². The molecule has 0 aromatic carbocycles. The van der Waals surface area contributed by atoms with Gasteiger partial charge in [0.1, 0.15) is 6.07 Å². The van der Waals surface area contributed by atoms with E-state index in [1.807, 2.05) is 12.1 Å². The predicted octanol–water partition coefficient (Wildman–Crippen LogP) is 2.62. The van der Waals surface area contributed by atoms with Crippen molar-refractivity contribution >= 4 is 0 Å². The lowest BCUT2D eigenvalue weighted by molar-refractivity contribution is 0.209. The third kappa shape index (κ3) is 6.92. The van der Waals surface area contributed by atoms with E-state index < -0.39 is 0 Å². The highest BCUT2D eigenvalue weighted by Crippen LogP contribution is 1.96. The van der Waals surface area contributed by atoms with Crippen LogP contribution in [0.1, 0.15) is 33.1 Å². The first-order chi connectivity index (χ1) is 5.31. The molecule has 0 bridgehead atoms. The lowest BCUT2D eigenvalue weighted by Crippen LogP contribution is -1.97. The summed E-state index contributed by atoms with van der Waals surface area (Å²) < 4.78 is 5.00. The first-order valence-corrected chi connectivity index (χ1v) is 4.01. The average molecular weight is 153 g/mol. The van der Waals surface area contributed by atoms with Crippen molar-refractivity contribution < 1.29 is 4.74 Å². The molecule has 0 saturated heterocycles. The number of allylic oxidation sites excluding steroid dienone is 1. The van der Waals surface area contributed by atoms with Gasteiger partial charge in [-0.05, 0) is 25.8 Å². The Morgan fingerprint density at radius 2 is 2.36 bits per heavy atom. The van der Waals surface area contributed by atoms with Gasteiger partial charge in [-0.15, -0.1) is 0 Å². The van der Waals surface area contributed by atoms with Gasteiger partial charge in [-0.2, -0.15) is 5.26 Å². The molecule has 2 nitrogen and oxygen atoms in total. The van der Waals surface area contributed by atoms with Gasteiger partial charge in [-0.3, -0.25) is 0 Å². The van der Waals surface area contributed by atoms with Crippen LogP contribution in [0.15, 0.2) is 12.3 Å². The highest BCUT2D eigenvalue weighted by Gasteiger charge is 1.91. The van der Waals surface area contributed by atoms with E-state index in [4.69, 9.17) is 10.00 Å². The minimum absolute atomic E-state index is 0.326. The van der Waals surface area contributed by atoms with E-state index in [2.05, 4.69) is 6.92 Å². The Morgan fingerprint density at radius 3 is 2.91 bits per heavy atom. The Labute approximate surface area is 68.5 Å². The molecule has 11 heavy (non-hydrogen) atoms. The first kappa shape index (κ1) is 10.0. The zero-order valence-corrected chi connectivity index (χ0v) is 7.21. The molecule has 62 valence electrons. The lowest BCUT2D eigenvalue weighted by Gasteiger charge is -1.99. The van der Waals surface area contributed by atoms with Crippen LogP contribution < -0.4 is 0 Å². The van der Waals surface area contributed by atoms with E-state index in [9.17, 15) is 0 Å². The molecule has 0 amide bonds. The molecule has 0 aliphatic carbocycles. The molecule has 0 N–H and O–H groups in total. The summed E-state index contributed by atoms with van der Waals surface area (Å²) >= 11 is 0. The number of ether oxygens (including phenoxy) is 1. The van der Waals surface area contributed by atoms with E-state index in [1.54, 1.807) is 13.2 Å². The zero-order chi connectivity index (χ0) is 8.53. The molecule has 0 fully saturated rings. The van der Waals surface area contributed by atoms with Gasteiger partial charge in [0.05, 0.1) is 6.26 Å². The molecule has 0 heterocycles. The highest BCUT2D eigenvalue weighted by atomic mass is 16.5. The molecule has 1 atom stereocenters. The van der Waals surface area contributed by atoms with Gasteiger partial charge >= 0.3 is 0 Å². The standard InChI is InChI=1S/C9H15NO/c1-3-4-5-6-7-11-9(2)8-10/h6-7,9H,3-5H2,1-2H3. The quantitative estimate of drug-likeness (QED) is 0.449. The molecule has 0 aromatic rings. The summed E-state index contributed by atoms with van der Waals surface area (Å²) in [5.41, 5.74) is 0. The predicted molar refractivity (Wildman–Crippen MR) is 44.8 cm³/mol. The van der Waals surface area contributed by atoms with Crippen LogP contribution in [-0.4, -0.2) is 6.10 Å². The maximum atomic E-state index is 8.33. The van der Waals surface area contributed by atoms with E-state index in [0.29, 0.717) is 0 Å². The summed E-state index contributed by atoms with van der Waals surface area (Å²) in [6.45, 7) is 3.87. The van der Waals surface area contributed by atoms with Crippen molar-refractivity contribution in [2.75, 3.05) is 0 Å². The third-order valence-corrected chi connectivity index (χ3v) is 1.29. The van der Waals surface area contributed by atoms with Crippen LogP contribution in [0.5, 0.6) is 0 Å². The molecule has 0 aliphatic heterocycles. The van der Waals surface area contributed by atoms with Gasteiger partial charge in [0, 0.05) is 0 Å². The third-order valence-electron chi connectivity index (χ3n) is 1.29. The normalized spacial score (nSPS) is 12.8. The summed E-state index contributed by atoms with van der Waals surface area (Å²) in [5, 5.41) is 8.33. The molecule has 0 spiro atoms. The molecule has 0 radical (unpaired) electrons. The zero-order valence-electron chi connectivity index (χ0n) is 7.21. The Hall–Kier alpha value is -0.970. The molecule has 2 heteroatoms. The fourth-order valence-electron chi connectivity index (χ4n) is 0.594. The Balaban J connectivity index is 3.24. The second kappa shape index (κ2) is 7.14. The second-order valence-corrected chi connectivity index (χ2v) is 2.42. The molecule has 0 aromatic heterocycles. The fraction of sp³-hybridized carbons (Fsp3) is 0.667. The molecule has 0 saturated carbocycles. The monoisotopic (exact) mass is 153 g/mol. The minimum Gasteiger partial charge on any atom is -0.484 e. The molecular weight excluding hydrogens is 138 g/mol. The maximum absolute atomic E-state index is 8.33. The van der Waals surface area contributed by atoms with Crippen molar-refractivity contribution in [2.24, 2.45) is 0 Å². The number of nitriles is 1. The van der Waals surface area contributed by atoms with Gasteiger partial charge in [-0.1, -0.05) is 13.3 Å². The van der Waals surface area contributed by atoms with Crippen LogP contribution in [0.25, 0.3) is 0 Å². The molecule has 1 unspecified atom stereocenters. The largest absolute Gasteiger partial charge is 0.484 e. The molecule has 0 aliphatic rings. The Morgan fingerprint density at radius 1 is 1.64 bits per heavy atom. The number of unbranched alkanes of at least 4 members (excludes halogenated alkanes) is 2.